The van der Waals surface area contributed by atoms with Crippen LogP contribution in [0.3, 0.4) is 0 Å². The number of carbonyl (C=O) groups is 1. The van der Waals surface area contributed by atoms with Gasteiger partial charge in [0.25, 0.3) is 5.91 Å². The van der Waals surface area contributed by atoms with Gasteiger partial charge >= 0.3 is 0 Å². The molecule has 1 aliphatic carbocycles. The predicted octanol–water partition coefficient (Wildman–Crippen LogP) is 2.24. The van der Waals surface area contributed by atoms with Crippen molar-refractivity contribution >= 4 is 28.2 Å². The number of carbonyl (C=O) groups excluding carboxylic acids is 1. The fourth-order valence-corrected chi connectivity index (χ4v) is 3.58. The molecule has 2 fully saturated rings. The summed E-state index contributed by atoms with van der Waals surface area (Å²) in [4.78, 5) is 19.4. The molecule has 0 spiro atoms. The van der Waals surface area contributed by atoms with E-state index >= 15 is 0 Å². The van der Waals surface area contributed by atoms with Gasteiger partial charge in [0.2, 0.25) is 0 Å². The molecule has 1 aliphatic heterocycles. The molecule has 2 aliphatic rings. The average Bonchev–Trinajstić information content (AvgIpc) is 3.06. The number of thiazole rings is 1. The molecule has 20 heavy (non-hydrogen) atoms. The zero-order valence-electron chi connectivity index (χ0n) is 11.9. The number of nitrogens with zero attached hydrogens (tertiary/aromatic N) is 2. The van der Waals surface area contributed by atoms with Crippen LogP contribution in [0.2, 0.25) is 0 Å². The SMILES string of the molecule is CC1CC1NC(=O)c1sc(N2CCCCCC2)nc1N. The topological polar surface area (TPSA) is 71.2 Å². The highest BCUT2D eigenvalue weighted by Crippen LogP contribution is 2.32. The number of hydrogen-bond donors (Lipinski definition) is 2. The van der Waals surface area contributed by atoms with Gasteiger partial charge in [-0.15, -0.1) is 0 Å². The van der Waals surface area contributed by atoms with Gasteiger partial charge in [-0.3, -0.25) is 4.79 Å². The Bertz CT molecular complexity index is 493. The van der Waals surface area contributed by atoms with Crippen LogP contribution in [-0.2, 0) is 0 Å². The van der Waals surface area contributed by atoms with Crippen LogP contribution in [0.5, 0.6) is 0 Å². The highest BCUT2D eigenvalue weighted by atomic mass is 32.1. The molecule has 5 nitrogen and oxygen atoms in total. The zero-order valence-corrected chi connectivity index (χ0v) is 12.7. The van der Waals surface area contributed by atoms with Crippen molar-refractivity contribution in [2.24, 2.45) is 5.92 Å². The molecule has 1 aromatic heterocycles. The highest BCUT2D eigenvalue weighted by Gasteiger charge is 2.35. The van der Waals surface area contributed by atoms with Crippen LogP contribution in [0.15, 0.2) is 0 Å². The van der Waals surface area contributed by atoms with Gasteiger partial charge in [0, 0.05) is 19.1 Å². The summed E-state index contributed by atoms with van der Waals surface area (Å²) >= 11 is 1.43. The number of rotatable bonds is 3. The van der Waals surface area contributed by atoms with E-state index in [-0.39, 0.29) is 5.91 Å². The van der Waals surface area contributed by atoms with Gasteiger partial charge in [0.1, 0.15) is 10.7 Å². The molecule has 6 heteroatoms. The van der Waals surface area contributed by atoms with Crippen molar-refractivity contribution < 1.29 is 4.79 Å². The Morgan fingerprint density at radius 1 is 1.35 bits per heavy atom. The summed E-state index contributed by atoms with van der Waals surface area (Å²) in [6.07, 6.45) is 6.03. The van der Waals surface area contributed by atoms with E-state index in [9.17, 15) is 4.79 Å². The maximum atomic E-state index is 12.2. The number of nitrogen functional groups attached to an aromatic ring is 1. The van der Waals surface area contributed by atoms with E-state index in [1.54, 1.807) is 0 Å². The van der Waals surface area contributed by atoms with E-state index in [0.29, 0.717) is 22.7 Å². The van der Waals surface area contributed by atoms with Crippen LogP contribution in [0, 0.1) is 5.92 Å². The number of aromatic nitrogens is 1. The van der Waals surface area contributed by atoms with Crippen molar-refractivity contribution in [2.45, 2.75) is 45.1 Å². The van der Waals surface area contributed by atoms with E-state index in [2.05, 4.69) is 22.1 Å². The number of anilines is 2. The third kappa shape index (κ3) is 2.90. The molecule has 1 saturated carbocycles. The Kier molecular flexibility index (Phi) is 3.83. The minimum absolute atomic E-state index is 0.0598. The predicted molar refractivity (Wildman–Crippen MR) is 82.2 cm³/mol. The van der Waals surface area contributed by atoms with Crippen LogP contribution < -0.4 is 16.0 Å². The van der Waals surface area contributed by atoms with Gasteiger partial charge in [-0.25, -0.2) is 4.98 Å². The molecule has 1 aromatic rings. The van der Waals surface area contributed by atoms with Crippen LogP contribution in [-0.4, -0.2) is 30.0 Å². The molecule has 110 valence electrons. The molecule has 2 heterocycles. The maximum absolute atomic E-state index is 12.2. The molecule has 0 radical (unpaired) electrons. The quantitative estimate of drug-likeness (QED) is 0.897. The molecular formula is C14H22N4OS. The second-order valence-corrected chi connectivity index (χ2v) is 6.88. The molecule has 1 saturated heterocycles. The van der Waals surface area contributed by atoms with E-state index in [1.165, 1.54) is 37.0 Å². The summed E-state index contributed by atoms with van der Waals surface area (Å²) in [7, 11) is 0. The number of nitrogens with two attached hydrogens (primary N) is 1. The van der Waals surface area contributed by atoms with E-state index in [1.807, 2.05) is 0 Å². The fraction of sp³-hybridized carbons (Fsp3) is 0.714. The Labute approximate surface area is 123 Å². The van der Waals surface area contributed by atoms with Crippen LogP contribution >= 0.6 is 11.3 Å². The minimum atomic E-state index is -0.0598. The fourth-order valence-electron chi connectivity index (χ4n) is 2.64. The largest absolute Gasteiger partial charge is 0.382 e. The number of amides is 1. The van der Waals surface area contributed by atoms with E-state index in [4.69, 9.17) is 5.73 Å². The van der Waals surface area contributed by atoms with Crippen LogP contribution in [0.4, 0.5) is 10.9 Å². The third-order valence-electron chi connectivity index (χ3n) is 4.15. The minimum Gasteiger partial charge on any atom is -0.382 e. The molecule has 3 N–H and O–H groups in total. The lowest BCUT2D eigenvalue weighted by atomic mass is 10.2. The second-order valence-electron chi connectivity index (χ2n) is 5.91. The summed E-state index contributed by atoms with van der Waals surface area (Å²) in [5.41, 5.74) is 5.93. The molecule has 2 unspecified atom stereocenters. The second kappa shape index (κ2) is 5.60. The molecule has 0 bridgehead atoms. The van der Waals surface area contributed by atoms with Crippen molar-refractivity contribution in [1.29, 1.82) is 0 Å². The monoisotopic (exact) mass is 294 g/mol. The Hall–Kier alpha value is -1.30. The standard InChI is InChI=1S/C14H22N4OS/c1-9-8-10(9)16-13(19)11-12(15)17-14(20-11)18-6-4-2-3-5-7-18/h9-10H,2-8,15H2,1H3,(H,16,19). The van der Waals surface area contributed by atoms with Gasteiger partial charge in [-0.1, -0.05) is 31.1 Å². The molecule has 0 aromatic carbocycles. The third-order valence-corrected chi connectivity index (χ3v) is 5.28. The zero-order chi connectivity index (χ0) is 14.1. The van der Waals surface area contributed by atoms with Crippen molar-refractivity contribution in [1.82, 2.24) is 10.3 Å². The Morgan fingerprint density at radius 2 is 2.00 bits per heavy atom. The van der Waals surface area contributed by atoms with Gasteiger partial charge in [-0.05, 0) is 25.2 Å². The van der Waals surface area contributed by atoms with Crippen LogP contribution in [0.1, 0.15) is 48.7 Å². The Balaban J connectivity index is 1.70. The van der Waals surface area contributed by atoms with Gasteiger partial charge in [0.05, 0.1) is 0 Å². The lowest BCUT2D eigenvalue weighted by Crippen LogP contribution is -2.26. The number of nitrogens with one attached hydrogen (secondary N) is 1. The molecule has 1 amide bonds. The summed E-state index contributed by atoms with van der Waals surface area (Å²) in [6.45, 7) is 4.19. The first kappa shape index (κ1) is 13.7. The first-order chi connectivity index (χ1) is 9.65. The van der Waals surface area contributed by atoms with Gasteiger partial charge in [0.15, 0.2) is 5.13 Å². The lowest BCUT2D eigenvalue weighted by molar-refractivity contribution is 0.0954. The summed E-state index contributed by atoms with van der Waals surface area (Å²) in [5.74, 6) is 0.911. The normalized spacial score (nSPS) is 26.1. The van der Waals surface area contributed by atoms with E-state index in [0.717, 1.165) is 24.6 Å². The van der Waals surface area contributed by atoms with Crippen molar-refractivity contribution in [3.05, 3.63) is 4.88 Å². The summed E-state index contributed by atoms with van der Waals surface area (Å²) in [5, 5.41) is 3.92. The first-order valence-electron chi connectivity index (χ1n) is 7.47. The smallest absolute Gasteiger partial charge is 0.265 e. The number of hydrogen-bond acceptors (Lipinski definition) is 5. The highest BCUT2D eigenvalue weighted by molar-refractivity contribution is 7.18. The lowest BCUT2D eigenvalue weighted by Gasteiger charge is -2.18. The maximum Gasteiger partial charge on any atom is 0.265 e. The molecular weight excluding hydrogens is 272 g/mol. The Morgan fingerprint density at radius 3 is 2.60 bits per heavy atom. The van der Waals surface area contributed by atoms with Crippen molar-refractivity contribution in [3.8, 4) is 0 Å². The van der Waals surface area contributed by atoms with Crippen molar-refractivity contribution in [2.75, 3.05) is 23.7 Å². The summed E-state index contributed by atoms with van der Waals surface area (Å²) in [6, 6.07) is 0.325. The summed E-state index contributed by atoms with van der Waals surface area (Å²) < 4.78 is 0. The van der Waals surface area contributed by atoms with Crippen LogP contribution in [0.25, 0.3) is 0 Å². The van der Waals surface area contributed by atoms with Gasteiger partial charge < -0.3 is 16.0 Å². The van der Waals surface area contributed by atoms with E-state index < -0.39 is 0 Å². The van der Waals surface area contributed by atoms with Gasteiger partial charge in [-0.2, -0.15) is 0 Å². The molecule has 3 rings (SSSR count). The average molecular weight is 294 g/mol. The molecule has 2 atom stereocenters. The van der Waals surface area contributed by atoms with Crippen molar-refractivity contribution in [3.63, 3.8) is 0 Å². The first-order valence-corrected chi connectivity index (χ1v) is 8.29.